The molecule has 0 saturated carbocycles. The number of amides is 4. The minimum absolute atomic E-state index is 0.0337. The fourth-order valence-corrected chi connectivity index (χ4v) is 4.94. The van der Waals surface area contributed by atoms with Gasteiger partial charge in [-0.2, -0.15) is 0 Å². The van der Waals surface area contributed by atoms with Crippen LogP contribution in [-0.4, -0.2) is 82.3 Å². The van der Waals surface area contributed by atoms with E-state index < -0.39 is 60.1 Å². The first kappa shape index (κ1) is 35.6. The maximum atomic E-state index is 12.8. The molecule has 0 spiro atoms. The second-order valence-electron chi connectivity index (χ2n) is 10.7. The largest absolute Gasteiger partial charge is 0.479 e. The topological polar surface area (TPSA) is 198 Å². The van der Waals surface area contributed by atoms with Gasteiger partial charge in [0, 0.05) is 44.7 Å². The number of aliphatic carboxylic acids is 1. The summed E-state index contributed by atoms with van der Waals surface area (Å²) in [6.07, 6.45) is -1.66. The lowest BCUT2D eigenvalue weighted by atomic mass is 9.94. The number of nitrogens with one attached hydrogen (secondary N) is 2. The lowest BCUT2D eigenvalue weighted by Gasteiger charge is -2.31. The Bertz CT molecular complexity index is 1140. The van der Waals surface area contributed by atoms with Crippen molar-refractivity contribution in [2.24, 2.45) is 17.6 Å². The number of imide groups is 1. The molecule has 5 atom stereocenters. The number of hydrogen-bond acceptors (Lipinski definition) is 9. The van der Waals surface area contributed by atoms with Crippen LogP contribution in [0.15, 0.2) is 18.2 Å². The van der Waals surface area contributed by atoms with Crippen LogP contribution in [0.1, 0.15) is 72.3 Å². The number of carbonyl (C=O) groups excluding carboxylic acids is 4. The zero-order valence-electron chi connectivity index (χ0n) is 25.6. The maximum Gasteiger partial charge on any atom is 0.333 e. The zero-order valence-corrected chi connectivity index (χ0v) is 25.6. The van der Waals surface area contributed by atoms with E-state index >= 15 is 0 Å². The third-order valence-corrected chi connectivity index (χ3v) is 7.17. The molecule has 43 heavy (non-hydrogen) atoms. The van der Waals surface area contributed by atoms with Gasteiger partial charge in [0.25, 0.3) is 0 Å². The van der Waals surface area contributed by atoms with E-state index in [1.54, 1.807) is 12.1 Å². The molecule has 2 fully saturated rings. The van der Waals surface area contributed by atoms with Crippen molar-refractivity contribution >= 4 is 35.3 Å². The van der Waals surface area contributed by atoms with Gasteiger partial charge in [0.1, 0.15) is 11.8 Å². The summed E-state index contributed by atoms with van der Waals surface area (Å²) < 4.78 is 11.3. The number of carboxylic acid groups (broad SMARTS) is 1. The van der Waals surface area contributed by atoms with Crippen LogP contribution >= 0.6 is 0 Å². The molecule has 6 N–H and O–H groups in total. The van der Waals surface area contributed by atoms with E-state index in [-0.39, 0.29) is 50.4 Å². The van der Waals surface area contributed by atoms with E-state index in [4.69, 9.17) is 15.2 Å². The molecular weight excluding hydrogens is 560 g/mol. The van der Waals surface area contributed by atoms with Gasteiger partial charge in [-0.1, -0.05) is 47.1 Å². The molecule has 13 heteroatoms. The van der Waals surface area contributed by atoms with Crippen molar-refractivity contribution in [3.05, 3.63) is 23.8 Å². The third kappa shape index (κ3) is 9.73. The lowest BCUT2D eigenvalue weighted by Crippen LogP contribution is -2.53. The molecule has 2 saturated heterocycles. The van der Waals surface area contributed by atoms with Crippen LogP contribution < -0.4 is 21.1 Å². The number of hydrogen-bond donors (Lipinski definition) is 5. The minimum Gasteiger partial charge on any atom is -0.479 e. The summed E-state index contributed by atoms with van der Waals surface area (Å²) in [6, 6.07) is 4.04. The average molecular weight is 607 g/mol. The van der Waals surface area contributed by atoms with Crippen LogP contribution in [-0.2, 0) is 35.1 Å². The van der Waals surface area contributed by atoms with Crippen LogP contribution in [0.3, 0.4) is 0 Å². The quantitative estimate of drug-likeness (QED) is 0.206. The van der Waals surface area contributed by atoms with Gasteiger partial charge in [0.2, 0.25) is 29.9 Å². The van der Waals surface area contributed by atoms with Gasteiger partial charge in [-0.25, -0.2) is 4.79 Å². The summed E-state index contributed by atoms with van der Waals surface area (Å²) in [7, 11) is 0. The molecule has 1 aromatic carbocycles. The number of nitrogens with two attached hydrogens (primary N) is 1. The standard InChI is InChI=1S/C28H40N4O9.C2H6/c1-4-5-16-6-7-21(40-25-12-17(33)11-22(41-25)28(38)39)19(10-16)31-23(34)8-9-30-26(36)20(14-29)32-24(35)13-18(15(2)3)27(32)37;1-2/h6-7,10,15,17-18,20,22,25,33H,4-5,8-9,11-14,29H2,1-3H3,(H,30,36)(H,31,34)(H,38,39);1-2H3. The lowest BCUT2D eigenvalue weighted by molar-refractivity contribution is -0.195. The first-order valence-electron chi connectivity index (χ1n) is 14.9. The van der Waals surface area contributed by atoms with E-state index in [0.717, 1.165) is 23.3 Å². The first-order valence-corrected chi connectivity index (χ1v) is 14.9. The van der Waals surface area contributed by atoms with Crippen molar-refractivity contribution in [3.63, 3.8) is 0 Å². The molecule has 2 aliphatic rings. The van der Waals surface area contributed by atoms with Crippen LogP contribution in [0.25, 0.3) is 0 Å². The number of anilines is 1. The number of aryl methyl sites for hydroxylation is 1. The maximum absolute atomic E-state index is 12.8. The van der Waals surface area contributed by atoms with E-state index in [9.17, 15) is 34.2 Å². The summed E-state index contributed by atoms with van der Waals surface area (Å²) in [5.74, 6) is -3.46. The van der Waals surface area contributed by atoms with Gasteiger partial charge in [-0.3, -0.25) is 24.1 Å². The van der Waals surface area contributed by atoms with Gasteiger partial charge in [-0.05, 0) is 30.0 Å². The Balaban J connectivity index is 0.00000316. The summed E-state index contributed by atoms with van der Waals surface area (Å²) in [5.41, 5.74) is 7.00. The SMILES string of the molecule is CC.CCCc1ccc(OC2CC(O)CC(C(=O)O)O2)c(NC(=O)CCNC(=O)C(CN)N2C(=O)CC(C(C)C)C2=O)c1. The summed E-state index contributed by atoms with van der Waals surface area (Å²) >= 11 is 0. The van der Waals surface area contributed by atoms with Crippen molar-refractivity contribution in [1.82, 2.24) is 10.2 Å². The van der Waals surface area contributed by atoms with Crippen molar-refractivity contribution < 1.29 is 43.7 Å². The second kappa shape index (κ2) is 16.9. The average Bonchev–Trinajstić information content (AvgIpc) is 3.25. The van der Waals surface area contributed by atoms with Gasteiger partial charge in [0.05, 0.1) is 11.8 Å². The van der Waals surface area contributed by atoms with E-state index in [1.807, 2.05) is 40.7 Å². The Morgan fingerprint density at radius 3 is 2.47 bits per heavy atom. The Morgan fingerprint density at radius 2 is 1.88 bits per heavy atom. The van der Waals surface area contributed by atoms with Crippen LogP contribution in [0.2, 0.25) is 0 Å². The molecule has 3 rings (SSSR count). The molecule has 240 valence electrons. The highest BCUT2D eigenvalue weighted by molar-refractivity contribution is 6.07. The number of ether oxygens (including phenoxy) is 2. The third-order valence-electron chi connectivity index (χ3n) is 7.17. The Labute approximate surface area is 252 Å². The Morgan fingerprint density at radius 1 is 1.19 bits per heavy atom. The molecule has 2 heterocycles. The molecule has 1 aromatic rings. The molecule has 0 bridgehead atoms. The predicted molar refractivity (Wildman–Crippen MR) is 158 cm³/mol. The Kier molecular flexibility index (Phi) is 14.0. The highest BCUT2D eigenvalue weighted by Crippen LogP contribution is 2.31. The highest BCUT2D eigenvalue weighted by atomic mass is 16.7. The number of rotatable bonds is 13. The number of benzene rings is 1. The van der Waals surface area contributed by atoms with E-state index in [2.05, 4.69) is 10.6 Å². The predicted octanol–water partition coefficient (Wildman–Crippen LogP) is 1.80. The van der Waals surface area contributed by atoms with Gasteiger partial charge >= 0.3 is 5.97 Å². The molecule has 0 aromatic heterocycles. The fraction of sp³-hybridized carbons (Fsp3) is 0.633. The molecule has 13 nitrogen and oxygen atoms in total. The van der Waals surface area contributed by atoms with Gasteiger partial charge < -0.3 is 36.1 Å². The number of carbonyl (C=O) groups is 5. The van der Waals surface area contributed by atoms with Crippen molar-refractivity contribution in [3.8, 4) is 5.75 Å². The zero-order chi connectivity index (χ0) is 32.3. The first-order chi connectivity index (χ1) is 20.4. The normalized spacial score (nSPS) is 22.5. The molecule has 0 aliphatic carbocycles. The summed E-state index contributed by atoms with van der Waals surface area (Å²) in [4.78, 5) is 63.1. The molecular formula is C30H46N4O9. The van der Waals surface area contributed by atoms with Crippen LogP contribution in [0.4, 0.5) is 5.69 Å². The monoisotopic (exact) mass is 606 g/mol. The number of aliphatic hydroxyl groups excluding tert-OH is 1. The molecule has 4 amide bonds. The molecule has 5 unspecified atom stereocenters. The second-order valence-corrected chi connectivity index (χ2v) is 10.7. The molecule has 2 aliphatic heterocycles. The van der Waals surface area contributed by atoms with Crippen molar-refractivity contribution in [2.75, 3.05) is 18.4 Å². The van der Waals surface area contributed by atoms with Crippen LogP contribution in [0, 0.1) is 11.8 Å². The highest BCUT2D eigenvalue weighted by Gasteiger charge is 2.45. The van der Waals surface area contributed by atoms with Gasteiger partial charge in [-0.15, -0.1) is 0 Å². The van der Waals surface area contributed by atoms with Crippen molar-refractivity contribution in [2.45, 2.75) is 97.7 Å². The number of likely N-dealkylation sites (tertiary alicyclic amines) is 1. The molecule has 0 radical (unpaired) electrons. The van der Waals surface area contributed by atoms with E-state index in [1.165, 1.54) is 0 Å². The Hall–Kier alpha value is -3.55. The minimum atomic E-state index is -1.22. The smallest absolute Gasteiger partial charge is 0.333 e. The number of aliphatic hydroxyl groups is 1. The number of nitrogens with zero attached hydrogens (tertiary/aromatic N) is 1. The summed E-state index contributed by atoms with van der Waals surface area (Å²) in [6.45, 7) is 9.36. The summed E-state index contributed by atoms with van der Waals surface area (Å²) in [5, 5.41) is 24.7. The van der Waals surface area contributed by atoms with Crippen LogP contribution in [0.5, 0.6) is 5.75 Å². The van der Waals surface area contributed by atoms with Gasteiger partial charge in [0.15, 0.2) is 6.10 Å². The fourth-order valence-electron chi connectivity index (χ4n) is 4.94. The number of carboxylic acids is 1. The van der Waals surface area contributed by atoms with Crippen molar-refractivity contribution in [1.29, 1.82) is 0 Å². The van der Waals surface area contributed by atoms with E-state index in [0.29, 0.717) is 5.69 Å².